The number of pyridine rings is 1. The molecule has 3 nitrogen and oxygen atoms in total. The van der Waals surface area contributed by atoms with Gasteiger partial charge in [-0.3, -0.25) is 9.78 Å². The number of amides is 1. The van der Waals surface area contributed by atoms with E-state index < -0.39 is 0 Å². The second-order valence-electron chi connectivity index (χ2n) is 5.81. The molecule has 0 saturated carbocycles. The SMILES string of the molecule is CC(NC(=O)C=Cc1cccc(-c2ccccc2)c1)c1ccccn1. The van der Waals surface area contributed by atoms with Gasteiger partial charge in [-0.05, 0) is 47.9 Å². The highest BCUT2D eigenvalue weighted by molar-refractivity contribution is 5.92. The minimum Gasteiger partial charge on any atom is -0.344 e. The predicted molar refractivity (Wildman–Crippen MR) is 102 cm³/mol. The summed E-state index contributed by atoms with van der Waals surface area (Å²) in [6.07, 6.45) is 5.11. The lowest BCUT2D eigenvalue weighted by atomic mass is 10.0. The van der Waals surface area contributed by atoms with Crippen LogP contribution in [0.2, 0.25) is 0 Å². The third-order valence-corrected chi connectivity index (χ3v) is 3.91. The van der Waals surface area contributed by atoms with Gasteiger partial charge in [-0.15, -0.1) is 0 Å². The first-order valence-corrected chi connectivity index (χ1v) is 8.27. The minimum atomic E-state index is -0.136. The molecular formula is C22H20N2O. The monoisotopic (exact) mass is 328 g/mol. The van der Waals surface area contributed by atoms with E-state index in [0.717, 1.165) is 22.4 Å². The van der Waals surface area contributed by atoms with Gasteiger partial charge in [-0.25, -0.2) is 0 Å². The number of hydrogen-bond acceptors (Lipinski definition) is 2. The highest BCUT2D eigenvalue weighted by atomic mass is 16.1. The van der Waals surface area contributed by atoms with Crippen molar-refractivity contribution in [2.24, 2.45) is 0 Å². The average Bonchev–Trinajstić information content (AvgIpc) is 2.68. The van der Waals surface area contributed by atoms with Gasteiger partial charge in [-0.1, -0.05) is 54.6 Å². The van der Waals surface area contributed by atoms with Gasteiger partial charge in [0.05, 0.1) is 11.7 Å². The molecule has 0 saturated heterocycles. The van der Waals surface area contributed by atoms with Crippen LogP contribution in [0.5, 0.6) is 0 Å². The molecule has 1 amide bonds. The number of nitrogens with one attached hydrogen (secondary N) is 1. The molecule has 1 atom stereocenters. The molecule has 0 spiro atoms. The van der Waals surface area contributed by atoms with Crippen molar-refractivity contribution >= 4 is 12.0 Å². The van der Waals surface area contributed by atoms with Crippen molar-refractivity contribution in [3.05, 3.63) is 96.3 Å². The molecule has 0 fully saturated rings. The van der Waals surface area contributed by atoms with Crippen LogP contribution in [0.4, 0.5) is 0 Å². The molecule has 0 aliphatic heterocycles. The van der Waals surface area contributed by atoms with Crippen molar-refractivity contribution in [3.8, 4) is 11.1 Å². The van der Waals surface area contributed by atoms with Gasteiger partial charge in [0.1, 0.15) is 0 Å². The molecule has 0 aliphatic carbocycles. The van der Waals surface area contributed by atoms with Crippen LogP contribution in [0, 0.1) is 0 Å². The van der Waals surface area contributed by atoms with Crippen LogP contribution in [0.1, 0.15) is 24.2 Å². The van der Waals surface area contributed by atoms with E-state index in [1.807, 2.05) is 61.5 Å². The van der Waals surface area contributed by atoms with E-state index in [-0.39, 0.29) is 11.9 Å². The lowest BCUT2D eigenvalue weighted by Crippen LogP contribution is -2.25. The molecule has 124 valence electrons. The first-order valence-electron chi connectivity index (χ1n) is 8.27. The summed E-state index contributed by atoms with van der Waals surface area (Å²) in [5.41, 5.74) is 4.12. The van der Waals surface area contributed by atoms with Crippen LogP contribution in [-0.4, -0.2) is 10.9 Å². The zero-order valence-electron chi connectivity index (χ0n) is 14.1. The summed E-state index contributed by atoms with van der Waals surface area (Å²) in [7, 11) is 0. The number of nitrogens with zero attached hydrogens (tertiary/aromatic N) is 1. The third kappa shape index (κ3) is 4.64. The first-order chi connectivity index (χ1) is 12.2. The Bertz CT molecular complexity index is 857. The molecular weight excluding hydrogens is 308 g/mol. The van der Waals surface area contributed by atoms with E-state index in [0.29, 0.717) is 0 Å². The van der Waals surface area contributed by atoms with E-state index in [1.165, 1.54) is 0 Å². The molecule has 3 aromatic rings. The molecule has 0 radical (unpaired) electrons. The summed E-state index contributed by atoms with van der Waals surface area (Å²) in [5.74, 6) is -0.136. The van der Waals surface area contributed by atoms with Crippen LogP contribution < -0.4 is 5.32 Å². The molecule has 1 unspecified atom stereocenters. The molecule has 0 aliphatic rings. The molecule has 0 bridgehead atoms. The van der Waals surface area contributed by atoms with Crippen LogP contribution in [0.3, 0.4) is 0 Å². The van der Waals surface area contributed by atoms with Gasteiger partial charge in [-0.2, -0.15) is 0 Å². The molecule has 3 heteroatoms. The van der Waals surface area contributed by atoms with Crippen molar-refractivity contribution < 1.29 is 4.79 Å². The van der Waals surface area contributed by atoms with Crippen LogP contribution in [0.15, 0.2) is 85.1 Å². The Morgan fingerprint density at radius 2 is 1.72 bits per heavy atom. The van der Waals surface area contributed by atoms with E-state index in [4.69, 9.17) is 0 Å². The number of hydrogen-bond donors (Lipinski definition) is 1. The van der Waals surface area contributed by atoms with Crippen LogP contribution >= 0.6 is 0 Å². The largest absolute Gasteiger partial charge is 0.344 e. The zero-order chi connectivity index (χ0) is 17.5. The first kappa shape index (κ1) is 16.7. The fourth-order valence-corrected chi connectivity index (χ4v) is 2.59. The molecule has 1 aromatic heterocycles. The number of carbonyl (C=O) groups excluding carboxylic acids is 1. The van der Waals surface area contributed by atoms with E-state index in [2.05, 4.69) is 34.6 Å². The quantitative estimate of drug-likeness (QED) is 0.693. The van der Waals surface area contributed by atoms with Crippen LogP contribution in [-0.2, 0) is 4.79 Å². The molecule has 2 aromatic carbocycles. The van der Waals surface area contributed by atoms with Gasteiger partial charge in [0.2, 0.25) is 5.91 Å². The average molecular weight is 328 g/mol. The Hall–Kier alpha value is -3.20. The lowest BCUT2D eigenvalue weighted by molar-refractivity contribution is -0.117. The summed E-state index contributed by atoms with van der Waals surface area (Å²) in [6, 6.07) is 23.8. The second kappa shape index (κ2) is 8.06. The fraction of sp³-hybridized carbons (Fsp3) is 0.0909. The lowest BCUT2D eigenvalue weighted by Gasteiger charge is -2.11. The smallest absolute Gasteiger partial charge is 0.244 e. The molecule has 1 heterocycles. The van der Waals surface area contributed by atoms with Gasteiger partial charge in [0, 0.05) is 12.3 Å². The number of carbonyl (C=O) groups is 1. The summed E-state index contributed by atoms with van der Waals surface area (Å²) < 4.78 is 0. The summed E-state index contributed by atoms with van der Waals surface area (Å²) >= 11 is 0. The molecule has 1 N–H and O–H groups in total. The van der Waals surface area contributed by atoms with Gasteiger partial charge < -0.3 is 5.32 Å². The highest BCUT2D eigenvalue weighted by Crippen LogP contribution is 2.20. The number of benzene rings is 2. The predicted octanol–water partition coefficient (Wildman–Crippen LogP) is 4.64. The van der Waals surface area contributed by atoms with E-state index in [9.17, 15) is 4.79 Å². The Labute approximate surface area is 148 Å². The maximum atomic E-state index is 12.1. The zero-order valence-corrected chi connectivity index (χ0v) is 14.1. The summed E-state index contributed by atoms with van der Waals surface area (Å²) in [5, 5.41) is 2.92. The summed E-state index contributed by atoms with van der Waals surface area (Å²) in [6.45, 7) is 1.92. The third-order valence-electron chi connectivity index (χ3n) is 3.91. The van der Waals surface area contributed by atoms with E-state index >= 15 is 0 Å². The van der Waals surface area contributed by atoms with Crippen molar-refractivity contribution in [1.29, 1.82) is 0 Å². The maximum absolute atomic E-state index is 12.1. The van der Waals surface area contributed by atoms with Crippen molar-refractivity contribution in [3.63, 3.8) is 0 Å². The number of rotatable bonds is 5. The van der Waals surface area contributed by atoms with Crippen molar-refractivity contribution in [2.45, 2.75) is 13.0 Å². The Morgan fingerprint density at radius 1 is 0.960 bits per heavy atom. The van der Waals surface area contributed by atoms with Crippen molar-refractivity contribution in [2.75, 3.05) is 0 Å². The van der Waals surface area contributed by atoms with Gasteiger partial charge in [0.15, 0.2) is 0 Å². The number of aromatic nitrogens is 1. The van der Waals surface area contributed by atoms with Crippen molar-refractivity contribution in [1.82, 2.24) is 10.3 Å². The van der Waals surface area contributed by atoms with Gasteiger partial charge in [0.25, 0.3) is 0 Å². The second-order valence-corrected chi connectivity index (χ2v) is 5.81. The molecule has 25 heavy (non-hydrogen) atoms. The Balaban J connectivity index is 1.67. The highest BCUT2D eigenvalue weighted by Gasteiger charge is 2.07. The van der Waals surface area contributed by atoms with Crippen LogP contribution in [0.25, 0.3) is 17.2 Å². The fourth-order valence-electron chi connectivity index (χ4n) is 2.59. The van der Waals surface area contributed by atoms with Gasteiger partial charge >= 0.3 is 0 Å². The Kier molecular flexibility index (Phi) is 5.37. The minimum absolute atomic E-state index is 0.131. The normalized spacial score (nSPS) is 12.0. The molecule has 3 rings (SSSR count). The topological polar surface area (TPSA) is 42.0 Å². The standard InChI is InChI=1S/C22H20N2O/c1-17(21-12-5-6-15-23-21)24-22(25)14-13-18-8-7-11-20(16-18)19-9-3-2-4-10-19/h2-17H,1H3,(H,24,25). The maximum Gasteiger partial charge on any atom is 0.244 e. The Morgan fingerprint density at radius 3 is 2.48 bits per heavy atom. The van der Waals surface area contributed by atoms with E-state index in [1.54, 1.807) is 12.3 Å². The summed E-state index contributed by atoms with van der Waals surface area (Å²) in [4.78, 5) is 16.4.